The molecule has 1 aromatic rings. The number of rotatable bonds is 4. The second-order valence-electron chi connectivity index (χ2n) is 4.54. The van der Waals surface area contributed by atoms with E-state index >= 15 is 0 Å². The lowest BCUT2D eigenvalue weighted by Crippen LogP contribution is -2.47. The van der Waals surface area contributed by atoms with E-state index in [2.05, 4.69) is 10.3 Å². The molecule has 0 bridgehead atoms. The molecule has 92 valence electrons. The lowest BCUT2D eigenvalue weighted by molar-refractivity contribution is -0.132. The molecule has 1 aliphatic heterocycles. The van der Waals surface area contributed by atoms with Crippen molar-refractivity contribution in [3.05, 3.63) is 30.1 Å². The van der Waals surface area contributed by atoms with Crippen LogP contribution in [0.25, 0.3) is 0 Å². The van der Waals surface area contributed by atoms with E-state index in [1.165, 1.54) is 0 Å². The molecule has 1 unspecified atom stereocenters. The number of hydrogen-bond acceptors (Lipinski definition) is 3. The topological polar surface area (TPSA) is 45.2 Å². The number of carbonyl (C=O) groups is 1. The highest BCUT2D eigenvalue weighted by Gasteiger charge is 2.21. The first-order chi connectivity index (χ1) is 8.25. The Morgan fingerprint density at radius 3 is 3.12 bits per heavy atom. The smallest absolute Gasteiger partial charge is 0.222 e. The van der Waals surface area contributed by atoms with Gasteiger partial charge in [-0.3, -0.25) is 9.78 Å². The van der Waals surface area contributed by atoms with Crippen LogP contribution in [0, 0.1) is 0 Å². The fourth-order valence-electron chi connectivity index (χ4n) is 2.13. The Labute approximate surface area is 102 Å². The summed E-state index contributed by atoms with van der Waals surface area (Å²) in [7, 11) is 1.87. The summed E-state index contributed by atoms with van der Waals surface area (Å²) in [6, 6.07) is 6.41. The van der Waals surface area contributed by atoms with E-state index in [0.717, 1.165) is 31.6 Å². The number of piperidine rings is 1. The van der Waals surface area contributed by atoms with Crippen LogP contribution in [0.5, 0.6) is 0 Å². The van der Waals surface area contributed by atoms with Crippen LogP contribution < -0.4 is 5.32 Å². The first-order valence-electron chi connectivity index (χ1n) is 6.13. The van der Waals surface area contributed by atoms with Gasteiger partial charge < -0.3 is 10.2 Å². The number of pyridine rings is 1. The molecule has 0 saturated carbocycles. The quantitative estimate of drug-likeness (QED) is 0.838. The lowest BCUT2D eigenvalue weighted by Gasteiger charge is -2.30. The van der Waals surface area contributed by atoms with Gasteiger partial charge in [0, 0.05) is 50.9 Å². The van der Waals surface area contributed by atoms with Gasteiger partial charge in [-0.1, -0.05) is 6.07 Å². The zero-order valence-corrected chi connectivity index (χ0v) is 10.2. The summed E-state index contributed by atoms with van der Waals surface area (Å²) in [6.45, 7) is 1.74. The van der Waals surface area contributed by atoms with E-state index in [1.54, 1.807) is 0 Å². The molecule has 2 rings (SSSR count). The van der Waals surface area contributed by atoms with Crippen LogP contribution >= 0.6 is 0 Å². The summed E-state index contributed by atoms with van der Waals surface area (Å²) >= 11 is 0. The van der Waals surface area contributed by atoms with Gasteiger partial charge >= 0.3 is 0 Å². The summed E-state index contributed by atoms with van der Waals surface area (Å²) < 4.78 is 0. The first kappa shape index (κ1) is 12.0. The predicted molar refractivity (Wildman–Crippen MR) is 66.6 cm³/mol. The summed E-state index contributed by atoms with van der Waals surface area (Å²) in [6.07, 6.45) is 4.38. The average Bonchev–Trinajstić information content (AvgIpc) is 2.35. The fourth-order valence-corrected chi connectivity index (χ4v) is 2.13. The second-order valence-corrected chi connectivity index (χ2v) is 4.54. The van der Waals surface area contributed by atoms with E-state index < -0.39 is 0 Å². The molecule has 4 heteroatoms. The molecule has 1 aliphatic rings. The Bertz CT molecular complexity index is 366. The Hall–Kier alpha value is -1.42. The van der Waals surface area contributed by atoms with Crippen LogP contribution in [-0.4, -0.2) is 42.0 Å². The van der Waals surface area contributed by atoms with Crippen LogP contribution in [0.2, 0.25) is 0 Å². The van der Waals surface area contributed by atoms with Crippen molar-refractivity contribution in [1.82, 2.24) is 15.2 Å². The zero-order valence-electron chi connectivity index (χ0n) is 10.2. The maximum absolute atomic E-state index is 11.3. The maximum Gasteiger partial charge on any atom is 0.222 e. The zero-order chi connectivity index (χ0) is 12.1. The average molecular weight is 233 g/mol. The Morgan fingerprint density at radius 2 is 2.41 bits per heavy atom. The number of amides is 1. The monoisotopic (exact) mass is 233 g/mol. The number of hydrogen-bond donors (Lipinski definition) is 1. The van der Waals surface area contributed by atoms with Gasteiger partial charge in [0.1, 0.15) is 0 Å². The van der Waals surface area contributed by atoms with Gasteiger partial charge in [-0.2, -0.15) is 0 Å². The highest BCUT2D eigenvalue weighted by atomic mass is 16.2. The molecule has 0 spiro atoms. The molecule has 1 atom stereocenters. The molecule has 1 N–H and O–H groups in total. The molecule has 1 saturated heterocycles. The molecule has 17 heavy (non-hydrogen) atoms. The standard InChI is InChI=1S/C13H19N3O/c1-16-10-12(5-6-13(16)17)15-9-7-11-4-2-3-8-14-11/h2-4,8,12,15H,5-7,9-10H2,1H3. The predicted octanol–water partition coefficient (Wildman–Crippen LogP) is 0.834. The molecule has 1 aromatic heterocycles. The van der Waals surface area contributed by atoms with Gasteiger partial charge in [0.2, 0.25) is 5.91 Å². The van der Waals surface area contributed by atoms with Crippen LogP contribution in [0.4, 0.5) is 0 Å². The highest BCUT2D eigenvalue weighted by molar-refractivity contribution is 5.76. The summed E-state index contributed by atoms with van der Waals surface area (Å²) in [5.41, 5.74) is 1.11. The van der Waals surface area contributed by atoms with Gasteiger partial charge in [0.15, 0.2) is 0 Å². The van der Waals surface area contributed by atoms with Crippen LogP contribution in [-0.2, 0) is 11.2 Å². The number of nitrogens with zero attached hydrogens (tertiary/aromatic N) is 2. The minimum Gasteiger partial charge on any atom is -0.344 e. The summed E-state index contributed by atoms with van der Waals surface area (Å²) in [5, 5.41) is 3.49. The van der Waals surface area contributed by atoms with Crippen LogP contribution in [0.1, 0.15) is 18.5 Å². The van der Waals surface area contributed by atoms with Crippen molar-refractivity contribution in [2.24, 2.45) is 0 Å². The lowest BCUT2D eigenvalue weighted by atomic mass is 10.1. The minimum absolute atomic E-state index is 0.257. The van der Waals surface area contributed by atoms with E-state index in [0.29, 0.717) is 12.5 Å². The molecule has 0 aliphatic carbocycles. The van der Waals surface area contributed by atoms with Crippen molar-refractivity contribution in [3.8, 4) is 0 Å². The minimum atomic E-state index is 0.257. The first-order valence-corrected chi connectivity index (χ1v) is 6.13. The molecule has 1 amide bonds. The van der Waals surface area contributed by atoms with E-state index in [1.807, 2.05) is 36.3 Å². The van der Waals surface area contributed by atoms with Crippen molar-refractivity contribution in [3.63, 3.8) is 0 Å². The molecule has 0 radical (unpaired) electrons. The Kier molecular flexibility index (Phi) is 4.09. The number of carbonyl (C=O) groups excluding carboxylic acids is 1. The van der Waals surface area contributed by atoms with Crippen molar-refractivity contribution >= 4 is 5.91 Å². The molecule has 2 heterocycles. The number of nitrogens with one attached hydrogen (secondary N) is 1. The molecule has 1 fully saturated rings. The van der Waals surface area contributed by atoms with Crippen LogP contribution in [0.3, 0.4) is 0 Å². The number of aromatic nitrogens is 1. The van der Waals surface area contributed by atoms with Gasteiger partial charge in [-0.05, 0) is 18.6 Å². The van der Waals surface area contributed by atoms with E-state index in [-0.39, 0.29) is 5.91 Å². The van der Waals surface area contributed by atoms with Crippen molar-refractivity contribution in [2.45, 2.75) is 25.3 Å². The van der Waals surface area contributed by atoms with E-state index in [9.17, 15) is 4.79 Å². The van der Waals surface area contributed by atoms with Crippen LogP contribution in [0.15, 0.2) is 24.4 Å². The number of likely N-dealkylation sites (tertiary alicyclic amines) is 1. The third-order valence-electron chi connectivity index (χ3n) is 3.17. The molecular weight excluding hydrogens is 214 g/mol. The SMILES string of the molecule is CN1CC(NCCc2ccccn2)CCC1=O. The third-order valence-corrected chi connectivity index (χ3v) is 3.17. The fraction of sp³-hybridized carbons (Fsp3) is 0.538. The molecular formula is C13H19N3O. The molecule has 0 aromatic carbocycles. The maximum atomic E-state index is 11.3. The van der Waals surface area contributed by atoms with Gasteiger partial charge in [-0.15, -0.1) is 0 Å². The Balaban J connectivity index is 1.71. The Morgan fingerprint density at radius 1 is 1.53 bits per heavy atom. The largest absolute Gasteiger partial charge is 0.344 e. The van der Waals surface area contributed by atoms with Gasteiger partial charge in [-0.25, -0.2) is 0 Å². The third kappa shape index (κ3) is 3.53. The van der Waals surface area contributed by atoms with Crippen molar-refractivity contribution in [2.75, 3.05) is 20.1 Å². The van der Waals surface area contributed by atoms with Crippen molar-refractivity contribution in [1.29, 1.82) is 0 Å². The second kappa shape index (κ2) is 5.77. The van der Waals surface area contributed by atoms with Gasteiger partial charge in [0.25, 0.3) is 0 Å². The highest BCUT2D eigenvalue weighted by Crippen LogP contribution is 2.09. The molecule has 4 nitrogen and oxygen atoms in total. The van der Waals surface area contributed by atoms with Gasteiger partial charge in [0.05, 0.1) is 0 Å². The number of likely N-dealkylation sites (N-methyl/N-ethyl adjacent to an activating group) is 1. The normalized spacial score (nSPS) is 20.6. The summed E-state index contributed by atoms with van der Waals surface area (Å²) in [5.74, 6) is 0.257. The summed E-state index contributed by atoms with van der Waals surface area (Å²) in [4.78, 5) is 17.4. The van der Waals surface area contributed by atoms with Crippen molar-refractivity contribution < 1.29 is 4.79 Å². The van der Waals surface area contributed by atoms with E-state index in [4.69, 9.17) is 0 Å².